The fourth-order valence-corrected chi connectivity index (χ4v) is 2.72. The predicted molar refractivity (Wildman–Crippen MR) is 96.8 cm³/mol. The molecule has 1 amide bonds. The van der Waals surface area contributed by atoms with Gasteiger partial charge in [0, 0.05) is 16.8 Å². The summed E-state index contributed by atoms with van der Waals surface area (Å²) in [6.45, 7) is 0. The Balaban J connectivity index is 1.54. The second kappa shape index (κ2) is 6.85. The fraction of sp³-hybridized carbons (Fsp3) is 0. The standard InChI is InChI=1S/C19H12ClN3O3/c20-15-7-2-1-6-14(15)16-8-9-17(26-16)18(24)22-13-5-3-4-12(10-13)19-23-21-11-25-19/h1-11H,(H,22,24). The van der Waals surface area contributed by atoms with Gasteiger partial charge in [-0.05, 0) is 42.5 Å². The van der Waals surface area contributed by atoms with Gasteiger partial charge in [-0.2, -0.15) is 0 Å². The normalized spacial score (nSPS) is 10.7. The minimum Gasteiger partial charge on any atom is -0.451 e. The summed E-state index contributed by atoms with van der Waals surface area (Å²) in [5, 5.41) is 10.8. The van der Waals surface area contributed by atoms with E-state index < -0.39 is 0 Å². The molecule has 4 aromatic rings. The van der Waals surface area contributed by atoms with Crippen molar-refractivity contribution >= 4 is 23.2 Å². The van der Waals surface area contributed by atoms with Crippen molar-refractivity contribution < 1.29 is 13.6 Å². The molecule has 0 saturated carbocycles. The van der Waals surface area contributed by atoms with Crippen LogP contribution in [-0.2, 0) is 0 Å². The van der Waals surface area contributed by atoms with Gasteiger partial charge in [-0.1, -0.05) is 29.8 Å². The second-order valence-corrected chi connectivity index (χ2v) is 5.83. The topological polar surface area (TPSA) is 81.2 Å². The molecule has 0 unspecified atom stereocenters. The van der Waals surface area contributed by atoms with E-state index >= 15 is 0 Å². The van der Waals surface area contributed by atoms with Crippen LogP contribution in [-0.4, -0.2) is 16.1 Å². The number of amides is 1. The molecule has 26 heavy (non-hydrogen) atoms. The van der Waals surface area contributed by atoms with Crippen molar-refractivity contribution in [2.24, 2.45) is 0 Å². The van der Waals surface area contributed by atoms with E-state index in [-0.39, 0.29) is 11.7 Å². The van der Waals surface area contributed by atoms with Crippen LogP contribution >= 0.6 is 11.6 Å². The molecule has 0 aliphatic carbocycles. The van der Waals surface area contributed by atoms with Crippen LogP contribution in [0, 0.1) is 0 Å². The molecule has 128 valence electrons. The quantitative estimate of drug-likeness (QED) is 0.556. The van der Waals surface area contributed by atoms with Crippen LogP contribution in [0.2, 0.25) is 5.02 Å². The number of anilines is 1. The molecule has 0 radical (unpaired) electrons. The highest BCUT2D eigenvalue weighted by molar-refractivity contribution is 6.33. The van der Waals surface area contributed by atoms with Crippen LogP contribution in [0.4, 0.5) is 5.69 Å². The van der Waals surface area contributed by atoms with Crippen molar-refractivity contribution in [1.82, 2.24) is 10.2 Å². The lowest BCUT2D eigenvalue weighted by Crippen LogP contribution is -2.10. The van der Waals surface area contributed by atoms with E-state index in [4.69, 9.17) is 20.4 Å². The smallest absolute Gasteiger partial charge is 0.291 e. The number of carbonyl (C=O) groups is 1. The summed E-state index contributed by atoms with van der Waals surface area (Å²) in [7, 11) is 0. The number of carbonyl (C=O) groups excluding carboxylic acids is 1. The molecule has 0 spiro atoms. The Morgan fingerprint density at radius 3 is 2.73 bits per heavy atom. The van der Waals surface area contributed by atoms with E-state index in [1.165, 1.54) is 6.39 Å². The summed E-state index contributed by atoms with van der Waals surface area (Å²) < 4.78 is 10.8. The Kier molecular flexibility index (Phi) is 4.25. The first-order chi connectivity index (χ1) is 12.7. The lowest BCUT2D eigenvalue weighted by atomic mass is 10.2. The third-order valence-corrected chi connectivity index (χ3v) is 4.03. The van der Waals surface area contributed by atoms with Gasteiger partial charge in [0.2, 0.25) is 12.3 Å². The van der Waals surface area contributed by atoms with Crippen molar-refractivity contribution in [2.45, 2.75) is 0 Å². The molecule has 4 rings (SSSR count). The van der Waals surface area contributed by atoms with E-state index in [9.17, 15) is 4.79 Å². The number of nitrogens with one attached hydrogen (secondary N) is 1. The summed E-state index contributed by atoms with van der Waals surface area (Å²) >= 11 is 6.16. The van der Waals surface area contributed by atoms with Gasteiger partial charge < -0.3 is 14.2 Å². The predicted octanol–water partition coefficient (Wildman–Crippen LogP) is 4.90. The Morgan fingerprint density at radius 1 is 1.04 bits per heavy atom. The SMILES string of the molecule is O=C(Nc1cccc(-c2nnco2)c1)c1ccc(-c2ccccc2Cl)o1. The third-order valence-electron chi connectivity index (χ3n) is 3.70. The Hall–Kier alpha value is -3.38. The molecule has 1 N–H and O–H groups in total. The van der Waals surface area contributed by atoms with Gasteiger partial charge in [-0.3, -0.25) is 4.79 Å². The minimum absolute atomic E-state index is 0.183. The lowest BCUT2D eigenvalue weighted by molar-refractivity contribution is 0.0997. The highest BCUT2D eigenvalue weighted by atomic mass is 35.5. The van der Waals surface area contributed by atoms with Gasteiger partial charge in [0.15, 0.2) is 5.76 Å². The highest BCUT2D eigenvalue weighted by Gasteiger charge is 2.14. The first-order valence-electron chi connectivity index (χ1n) is 7.73. The van der Waals surface area contributed by atoms with Crippen molar-refractivity contribution in [3.8, 4) is 22.8 Å². The van der Waals surface area contributed by atoms with Gasteiger partial charge in [-0.15, -0.1) is 10.2 Å². The van der Waals surface area contributed by atoms with Crippen molar-refractivity contribution in [2.75, 3.05) is 5.32 Å². The maximum atomic E-state index is 12.5. The summed E-state index contributed by atoms with van der Waals surface area (Å²) in [5.74, 6) is 0.717. The van der Waals surface area contributed by atoms with E-state index in [2.05, 4.69) is 15.5 Å². The minimum atomic E-state index is -0.369. The lowest BCUT2D eigenvalue weighted by Gasteiger charge is -2.04. The Labute approximate surface area is 153 Å². The molecule has 6 nitrogen and oxygen atoms in total. The summed E-state index contributed by atoms with van der Waals surface area (Å²) in [5.41, 5.74) is 2.02. The van der Waals surface area contributed by atoms with Gasteiger partial charge in [0.1, 0.15) is 5.76 Å². The average molecular weight is 366 g/mol. The summed E-state index contributed by atoms with van der Waals surface area (Å²) in [6, 6.07) is 17.7. The van der Waals surface area contributed by atoms with Crippen molar-refractivity contribution in [1.29, 1.82) is 0 Å². The zero-order chi connectivity index (χ0) is 17.9. The maximum Gasteiger partial charge on any atom is 0.291 e. The fourth-order valence-electron chi connectivity index (χ4n) is 2.49. The maximum absolute atomic E-state index is 12.5. The molecule has 2 aromatic heterocycles. The van der Waals surface area contributed by atoms with E-state index in [1.807, 2.05) is 24.3 Å². The molecule has 0 atom stereocenters. The number of rotatable bonds is 4. The molecule has 0 aliphatic rings. The van der Waals surface area contributed by atoms with Crippen LogP contribution < -0.4 is 5.32 Å². The molecule has 7 heteroatoms. The first kappa shape index (κ1) is 16.1. The summed E-state index contributed by atoms with van der Waals surface area (Å²) in [6.07, 6.45) is 1.25. The molecular weight excluding hydrogens is 354 g/mol. The highest BCUT2D eigenvalue weighted by Crippen LogP contribution is 2.29. The molecule has 0 aliphatic heterocycles. The van der Waals surface area contributed by atoms with Crippen LogP contribution in [0.1, 0.15) is 10.6 Å². The van der Waals surface area contributed by atoms with E-state index in [0.717, 1.165) is 5.56 Å². The zero-order valence-electron chi connectivity index (χ0n) is 13.3. The number of halogens is 1. The molecular formula is C19H12ClN3O3. The molecule has 0 saturated heterocycles. The number of aromatic nitrogens is 2. The number of nitrogens with zero attached hydrogens (tertiary/aromatic N) is 2. The monoisotopic (exact) mass is 365 g/mol. The van der Waals surface area contributed by atoms with Gasteiger partial charge in [0.25, 0.3) is 5.91 Å². The molecule has 2 aromatic carbocycles. The Morgan fingerprint density at radius 2 is 1.92 bits per heavy atom. The van der Waals surface area contributed by atoms with Crippen molar-refractivity contribution in [3.63, 3.8) is 0 Å². The number of hydrogen-bond acceptors (Lipinski definition) is 5. The average Bonchev–Trinajstić information content (AvgIpc) is 3.35. The van der Waals surface area contributed by atoms with Gasteiger partial charge >= 0.3 is 0 Å². The first-order valence-corrected chi connectivity index (χ1v) is 8.11. The summed E-state index contributed by atoms with van der Waals surface area (Å²) in [4.78, 5) is 12.5. The molecule has 2 heterocycles. The largest absolute Gasteiger partial charge is 0.451 e. The van der Waals surface area contributed by atoms with Crippen LogP contribution in [0.25, 0.3) is 22.8 Å². The molecule has 0 fully saturated rings. The van der Waals surface area contributed by atoms with Crippen LogP contribution in [0.3, 0.4) is 0 Å². The number of furan rings is 1. The zero-order valence-corrected chi connectivity index (χ0v) is 14.1. The number of benzene rings is 2. The second-order valence-electron chi connectivity index (χ2n) is 5.42. The third kappa shape index (κ3) is 3.22. The Bertz CT molecular complexity index is 1060. The molecule has 0 bridgehead atoms. The van der Waals surface area contributed by atoms with Gasteiger partial charge in [-0.25, -0.2) is 0 Å². The number of hydrogen-bond donors (Lipinski definition) is 1. The van der Waals surface area contributed by atoms with Crippen LogP contribution in [0.5, 0.6) is 0 Å². The van der Waals surface area contributed by atoms with Crippen LogP contribution in [0.15, 0.2) is 75.9 Å². The van der Waals surface area contributed by atoms with E-state index in [0.29, 0.717) is 27.9 Å². The van der Waals surface area contributed by atoms with Crippen molar-refractivity contribution in [3.05, 3.63) is 77.8 Å². The van der Waals surface area contributed by atoms with Gasteiger partial charge in [0.05, 0.1) is 5.02 Å². The van der Waals surface area contributed by atoms with E-state index in [1.54, 1.807) is 36.4 Å².